The summed E-state index contributed by atoms with van der Waals surface area (Å²) in [6, 6.07) is 12.8. The summed E-state index contributed by atoms with van der Waals surface area (Å²) in [6.07, 6.45) is 1.75. The van der Waals surface area contributed by atoms with Gasteiger partial charge in [0.05, 0.1) is 22.5 Å². The highest BCUT2D eigenvalue weighted by atomic mass is 35.5. The maximum Gasteiger partial charge on any atom is 0.286 e. The van der Waals surface area contributed by atoms with Gasteiger partial charge in [0.15, 0.2) is 5.76 Å². The van der Waals surface area contributed by atoms with Crippen LogP contribution in [0.5, 0.6) is 5.75 Å². The lowest BCUT2D eigenvalue weighted by molar-refractivity contribution is -0.116. The van der Waals surface area contributed by atoms with Gasteiger partial charge in [-0.05, 0) is 55.0 Å². The van der Waals surface area contributed by atoms with Crippen LogP contribution in [-0.4, -0.2) is 31.9 Å². The molecule has 3 aromatic rings. The largest absolute Gasteiger partial charge is 0.506 e. The second-order valence-electron chi connectivity index (χ2n) is 6.68. The minimum absolute atomic E-state index is 0.0373. The highest BCUT2D eigenvalue weighted by Gasteiger charge is 2.18. The number of carbonyl (C=O) groups is 2. The summed E-state index contributed by atoms with van der Waals surface area (Å²) in [7, 11) is -3.98. The average Bonchev–Trinajstić information content (AvgIpc) is 3.27. The van der Waals surface area contributed by atoms with Crippen LogP contribution in [0, 0.1) is 0 Å². The molecule has 0 aliphatic heterocycles. The summed E-state index contributed by atoms with van der Waals surface area (Å²) in [5.41, 5.74) is 0.219. The van der Waals surface area contributed by atoms with Crippen molar-refractivity contribution >= 4 is 44.8 Å². The molecule has 0 spiro atoms. The minimum Gasteiger partial charge on any atom is -0.506 e. The van der Waals surface area contributed by atoms with Crippen molar-refractivity contribution in [1.82, 2.24) is 5.32 Å². The van der Waals surface area contributed by atoms with Gasteiger partial charge in [0, 0.05) is 18.0 Å². The van der Waals surface area contributed by atoms with Crippen molar-refractivity contribution in [3.8, 4) is 5.75 Å². The Bertz CT molecular complexity index is 1210. The van der Waals surface area contributed by atoms with Crippen molar-refractivity contribution in [2.75, 3.05) is 16.6 Å². The molecular formula is C21H20ClN3O6S. The number of anilines is 2. The van der Waals surface area contributed by atoms with Gasteiger partial charge in [-0.3, -0.25) is 14.3 Å². The number of hydrogen-bond acceptors (Lipinski definition) is 6. The molecule has 168 valence electrons. The molecule has 2 aromatic carbocycles. The van der Waals surface area contributed by atoms with E-state index in [9.17, 15) is 23.1 Å². The first-order valence-corrected chi connectivity index (χ1v) is 11.3. The van der Waals surface area contributed by atoms with Crippen molar-refractivity contribution in [2.24, 2.45) is 0 Å². The summed E-state index contributed by atoms with van der Waals surface area (Å²) >= 11 is 5.88. The van der Waals surface area contributed by atoms with Gasteiger partial charge in [0.2, 0.25) is 5.91 Å². The van der Waals surface area contributed by atoms with E-state index in [0.29, 0.717) is 11.4 Å². The lowest BCUT2D eigenvalue weighted by Crippen LogP contribution is -2.25. The number of carbonyl (C=O) groups excluding carboxylic acids is 2. The highest BCUT2D eigenvalue weighted by Crippen LogP contribution is 2.28. The molecule has 1 aromatic heterocycles. The molecule has 4 N–H and O–H groups in total. The number of hydrogen-bond donors (Lipinski definition) is 4. The predicted molar refractivity (Wildman–Crippen MR) is 119 cm³/mol. The molecule has 0 bridgehead atoms. The summed E-state index contributed by atoms with van der Waals surface area (Å²) in [5, 5.41) is 15.5. The molecule has 11 heteroatoms. The number of aromatic hydroxyl groups is 1. The fourth-order valence-electron chi connectivity index (χ4n) is 2.71. The smallest absolute Gasteiger partial charge is 0.286 e. The number of furan rings is 1. The third kappa shape index (κ3) is 6.25. The van der Waals surface area contributed by atoms with Crippen LogP contribution < -0.4 is 15.4 Å². The van der Waals surface area contributed by atoms with Crippen LogP contribution >= 0.6 is 11.6 Å². The van der Waals surface area contributed by atoms with Crippen LogP contribution in [0.2, 0.25) is 5.02 Å². The van der Waals surface area contributed by atoms with E-state index in [2.05, 4.69) is 15.4 Å². The Morgan fingerprint density at radius 1 is 1.06 bits per heavy atom. The first kappa shape index (κ1) is 23.2. The van der Waals surface area contributed by atoms with Gasteiger partial charge in [0.1, 0.15) is 5.75 Å². The monoisotopic (exact) mass is 477 g/mol. The molecule has 0 aliphatic carbocycles. The normalized spacial score (nSPS) is 11.0. The zero-order valence-corrected chi connectivity index (χ0v) is 18.2. The summed E-state index contributed by atoms with van der Waals surface area (Å²) < 4.78 is 32.6. The van der Waals surface area contributed by atoms with E-state index in [1.807, 2.05) is 0 Å². The quantitative estimate of drug-likeness (QED) is 0.274. The summed E-state index contributed by atoms with van der Waals surface area (Å²) in [4.78, 5) is 23.8. The van der Waals surface area contributed by atoms with Gasteiger partial charge in [-0.25, -0.2) is 8.42 Å². The zero-order valence-electron chi connectivity index (χ0n) is 16.7. The Balaban J connectivity index is 1.57. The number of nitrogens with one attached hydrogen (secondary N) is 3. The number of sulfonamides is 1. The molecule has 3 rings (SSSR count). The Morgan fingerprint density at radius 2 is 1.88 bits per heavy atom. The number of halogens is 1. The minimum atomic E-state index is -3.98. The standard InChI is InChI=1S/C21H20ClN3O6S/c22-14-4-1-5-15(12-14)25-32(29,30)16-8-9-18(26)17(13-16)24-20(27)7-2-10-23-21(28)19-6-3-11-31-19/h1,3-6,8-9,11-13,25-26H,2,7,10H2,(H,23,28)(H,24,27). The Kier molecular flexibility index (Phi) is 7.39. The molecule has 0 saturated heterocycles. The second-order valence-corrected chi connectivity index (χ2v) is 8.80. The van der Waals surface area contributed by atoms with E-state index >= 15 is 0 Å². The second kappa shape index (κ2) is 10.2. The Hall–Kier alpha value is -3.50. The lowest BCUT2D eigenvalue weighted by atomic mass is 10.2. The molecule has 9 nitrogen and oxygen atoms in total. The maximum absolute atomic E-state index is 12.6. The van der Waals surface area contributed by atoms with Crippen molar-refractivity contribution in [3.63, 3.8) is 0 Å². The van der Waals surface area contributed by atoms with Crippen LogP contribution in [0.4, 0.5) is 11.4 Å². The molecular weight excluding hydrogens is 458 g/mol. The Morgan fingerprint density at radius 3 is 2.59 bits per heavy atom. The van der Waals surface area contributed by atoms with Crippen molar-refractivity contribution in [3.05, 3.63) is 71.6 Å². The lowest BCUT2D eigenvalue weighted by Gasteiger charge is -2.12. The van der Waals surface area contributed by atoms with Crippen molar-refractivity contribution in [2.45, 2.75) is 17.7 Å². The van der Waals surface area contributed by atoms with E-state index in [1.54, 1.807) is 18.2 Å². The zero-order chi connectivity index (χ0) is 23.1. The van der Waals surface area contributed by atoms with Gasteiger partial charge < -0.3 is 20.2 Å². The number of phenols is 1. The third-order valence-electron chi connectivity index (χ3n) is 4.24. The number of benzene rings is 2. The van der Waals surface area contributed by atoms with E-state index in [0.717, 1.165) is 6.07 Å². The Labute approximate surface area is 189 Å². The number of amides is 2. The predicted octanol–water partition coefficient (Wildman–Crippen LogP) is 3.59. The topological polar surface area (TPSA) is 138 Å². The molecule has 0 atom stereocenters. The van der Waals surface area contributed by atoms with E-state index in [-0.39, 0.29) is 40.7 Å². The van der Waals surface area contributed by atoms with Gasteiger partial charge >= 0.3 is 0 Å². The molecule has 0 fully saturated rings. The summed E-state index contributed by atoms with van der Waals surface area (Å²) in [6.45, 7) is 0.233. The molecule has 1 heterocycles. The van der Waals surface area contributed by atoms with Crippen LogP contribution in [0.15, 0.2) is 70.2 Å². The number of phenolic OH excluding ortho intramolecular Hbond substituents is 1. The highest BCUT2D eigenvalue weighted by molar-refractivity contribution is 7.92. The first-order valence-electron chi connectivity index (χ1n) is 9.47. The van der Waals surface area contributed by atoms with Gasteiger partial charge in [-0.1, -0.05) is 17.7 Å². The van der Waals surface area contributed by atoms with E-state index in [4.69, 9.17) is 16.0 Å². The van der Waals surface area contributed by atoms with Crippen molar-refractivity contribution in [1.29, 1.82) is 0 Å². The van der Waals surface area contributed by atoms with Gasteiger partial charge in [0.25, 0.3) is 15.9 Å². The third-order valence-corrected chi connectivity index (χ3v) is 5.85. The van der Waals surface area contributed by atoms with Gasteiger partial charge in [-0.2, -0.15) is 0 Å². The van der Waals surface area contributed by atoms with Crippen LogP contribution in [0.25, 0.3) is 0 Å². The molecule has 0 aliphatic rings. The maximum atomic E-state index is 12.6. The number of rotatable bonds is 9. The molecule has 2 amide bonds. The summed E-state index contributed by atoms with van der Waals surface area (Å²) in [5.74, 6) is -0.960. The SMILES string of the molecule is O=C(CCCNC(=O)c1ccco1)Nc1cc(S(=O)(=O)Nc2cccc(Cl)c2)ccc1O. The molecule has 0 saturated carbocycles. The van der Waals surface area contributed by atoms with E-state index < -0.39 is 21.8 Å². The fourth-order valence-corrected chi connectivity index (χ4v) is 3.97. The first-order chi connectivity index (χ1) is 15.2. The molecule has 0 radical (unpaired) electrons. The van der Waals surface area contributed by atoms with Crippen molar-refractivity contribution < 1.29 is 27.5 Å². The van der Waals surface area contributed by atoms with Crippen LogP contribution in [0.3, 0.4) is 0 Å². The average molecular weight is 478 g/mol. The molecule has 0 unspecified atom stereocenters. The van der Waals surface area contributed by atoms with Gasteiger partial charge in [-0.15, -0.1) is 0 Å². The fraction of sp³-hybridized carbons (Fsp3) is 0.143. The molecule has 32 heavy (non-hydrogen) atoms. The van der Waals surface area contributed by atoms with Crippen LogP contribution in [-0.2, 0) is 14.8 Å². The van der Waals surface area contributed by atoms with E-state index in [1.165, 1.54) is 36.6 Å². The van der Waals surface area contributed by atoms with Crippen LogP contribution in [0.1, 0.15) is 23.4 Å².